The average molecular weight is 337 g/mol. The minimum atomic E-state index is 0.649. The number of nitrogens with zero attached hydrogens (tertiary/aromatic N) is 6. The first-order valence-corrected chi connectivity index (χ1v) is 8.81. The number of nitrogens with one attached hydrogen (secondary N) is 1. The zero-order valence-corrected chi connectivity index (χ0v) is 14.5. The number of pyridine rings is 1. The van der Waals surface area contributed by atoms with Crippen LogP contribution in [0.25, 0.3) is 11.4 Å². The molecule has 0 saturated carbocycles. The Bertz CT molecular complexity index is 800. The van der Waals surface area contributed by atoms with E-state index in [4.69, 9.17) is 0 Å². The van der Waals surface area contributed by atoms with Crippen LogP contribution >= 0.6 is 0 Å². The maximum atomic E-state index is 4.33. The molecule has 3 aromatic heterocycles. The molecule has 1 aliphatic rings. The molecule has 0 atom stereocenters. The third-order valence-corrected chi connectivity index (χ3v) is 4.76. The van der Waals surface area contributed by atoms with Gasteiger partial charge >= 0.3 is 0 Å². The van der Waals surface area contributed by atoms with Crippen LogP contribution in [0.5, 0.6) is 0 Å². The Labute approximate surface area is 147 Å². The standard InChI is InChI=1S/C18H23N7/c1-14-10-16(21-20-14)12-24-8-5-15(6-9-24)11-25-13-18(22-23-25)17-4-2-3-7-19-17/h2-4,7,10,13,15H,5-6,8-9,11-12H2,1H3,(H,20,21). The van der Waals surface area contributed by atoms with E-state index in [1.807, 2.05) is 36.0 Å². The molecule has 1 saturated heterocycles. The molecule has 0 unspecified atom stereocenters. The van der Waals surface area contributed by atoms with Crippen LogP contribution < -0.4 is 0 Å². The molecule has 0 aromatic carbocycles. The van der Waals surface area contributed by atoms with E-state index >= 15 is 0 Å². The summed E-state index contributed by atoms with van der Waals surface area (Å²) in [6.45, 7) is 6.12. The summed E-state index contributed by atoms with van der Waals surface area (Å²) < 4.78 is 1.96. The second kappa shape index (κ2) is 7.14. The highest BCUT2D eigenvalue weighted by molar-refractivity contribution is 5.51. The molecule has 0 amide bonds. The van der Waals surface area contributed by atoms with Crippen molar-refractivity contribution >= 4 is 0 Å². The average Bonchev–Trinajstić information content (AvgIpc) is 3.27. The molecule has 0 spiro atoms. The monoisotopic (exact) mass is 337 g/mol. The van der Waals surface area contributed by atoms with Gasteiger partial charge in [-0.1, -0.05) is 11.3 Å². The summed E-state index contributed by atoms with van der Waals surface area (Å²) in [6.07, 6.45) is 6.15. The van der Waals surface area contributed by atoms with Crippen LogP contribution in [0.4, 0.5) is 0 Å². The fourth-order valence-corrected chi connectivity index (χ4v) is 3.40. The summed E-state index contributed by atoms with van der Waals surface area (Å²) in [5, 5.41) is 15.9. The lowest BCUT2D eigenvalue weighted by atomic mass is 9.97. The first kappa shape index (κ1) is 16.0. The number of likely N-dealkylation sites (tertiary alicyclic amines) is 1. The molecule has 1 fully saturated rings. The Balaban J connectivity index is 1.29. The predicted molar refractivity (Wildman–Crippen MR) is 94.6 cm³/mol. The molecular formula is C18H23N7. The Morgan fingerprint density at radius 1 is 1.20 bits per heavy atom. The van der Waals surface area contributed by atoms with Crippen molar-refractivity contribution in [2.45, 2.75) is 32.9 Å². The van der Waals surface area contributed by atoms with Crippen molar-refractivity contribution in [1.29, 1.82) is 0 Å². The van der Waals surface area contributed by atoms with Gasteiger partial charge in [-0.25, -0.2) is 0 Å². The highest BCUT2D eigenvalue weighted by atomic mass is 15.4. The quantitative estimate of drug-likeness (QED) is 0.773. The van der Waals surface area contributed by atoms with E-state index in [2.05, 4.69) is 36.5 Å². The molecule has 0 bridgehead atoms. The molecule has 4 heterocycles. The third-order valence-electron chi connectivity index (χ3n) is 4.76. The number of aromatic nitrogens is 6. The molecule has 25 heavy (non-hydrogen) atoms. The zero-order valence-electron chi connectivity index (χ0n) is 14.5. The fourth-order valence-electron chi connectivity index (χ4n) is 3.40. The van der Waals surface area contributed by atoms with Gasteiger partial charge in [0.2, 0.25) is 0 Å². The van der Waals surface area contributed by atoms with Gasteiger partial charge in [0.15, 0.2) is 0 Å². The van der Waals surface area contributed by atoms with E-state index in [0.29, 0.717) is 5.92 Å². The minimum Gasteiger partial charge on any atom is -0.297 e. The van der Waals surface area contributed by atoms with E-state index in [1.165, 1.54) is 12.8 Å². The van der Waals surface area contributed by atoms with Gasteiger partial charge in [-0.15, -0.1) is 5.10 Å². The van der Waals surface area contributed by atoms with E-state index < -0.39 is 0 Å². The largest absolute Gasteiger partial charge is 0.297 e. The molecular weight excluding hydrogens is 314 g/mol. The van der Waals surface area contributed by atoms with Crippen LogP contribution in [0.3, 0.4) is 0 Å². The number of rotatable bonds is 5. The second-order valence-corrected chi connectivity index (χ2v) is 6.80. The molecule has 7 heteroatoms. The van der Waals surface area contributed by atoms with E-state index in [1.54, 1.807) is 6.20 Å². The number of aryl methyl sites for hydroxylation is 1. The maximum Gasteiger partial charge on any atom is 0.131 e. The summed E-state index contributed by atoms with van der Waals surface area (Å²) >= 11 is 0. The van der Waals surface area contributed by atoms with E-state index in [-0.39, 0.29) is 0 Å². The lowest BCUT2D eigenvalue weighted by Crippen LogP contribution is -2.34. The van der Waals surface area contributed by atoms with Gasteiger partial charge in [0.05, 0.1) is 17.6 Å². The van der Waals surface area contributed by atoms with Crippen molar-refractivity contribution in [2.75, 3.05) is 13.1 Å². The zero-order chi connectivity index (χ0) is 17.1. The summed E-state index contributed by atoms with van der Waals surface area (Å²) in [6, 6.07) is 7.97. The van der Waals surface area contributed by atoms with Crippen LogP contribution in [0, 0.1) is 12.8 Å². The van der Waals surface area contributed by atoms with Gasteiger partial charge in [0, 0.05) is 25.0 Å². The Morgan fingerprint density at radius 3 is 2.80 bits per heavy atom. The number of hydrogen-bond acceptors (Lipinski definition) is 5. The summed E-state index contributed by atoms with van der Waals surface area (Å²) in [7, 11) is 0. The number of H-pyrrole nitrogens is 1. The molecule has 0 radical (unpaired) electrons. The highest BCUT2D eigenvalue weighted by Gasteiger charge is 2.21. The first-order chi connectivity index (χ1) is 12.3. The molecule has 3 aromatic rings. The van der Waals surface area contributed by atoms with Gasteiger partial charge < -0.3 is 0 Å². The van der Waals surface area contributed by atoms with Crippen LogP contribution in [-0.4, -0.2) is 48.2 Å². The van der Waals surface area contributed by atoms with Crippen molar-refractivity contribution < 1.29 is 0 Å². The van der Waals surface area contributed by atoms with Gasteiger partial charge in [0.25, 0.3) is 0 Å². The van der Waals surface area contributed by atoms with Crippen molar-refractivity contribution in [2.24, 2.45) is 5.92 Å². The van der Waals surface area contributed by atoms with Crippen LogP contribution in [-0.2, 0) is 13.1 Å². The molecule has 0 aliphatic carbocycles. The molecule has 4 rings (SSSR count). The molecule has 1 N–H and O–H groups in total. The number of aromatic amines is 1. The normalized spacial score (nSPS) is 16.4. The maximum absolute atomic E-state index is 4.33. The topological polar surface area (TPSA) is 75.5 Å². The Kier molecular flexibility index (Phi) is 4.56. The van der Waals surface area contributed by atoms with Gasteiger partial charge in [-0.05, 0) is 57.0 Å². The van der Waals surface area contributed by atoms with E-state index in [9.17, 15) is 0 Å². The van der Waals surface area contributed by atoms with Gasteiger partial charge in [-0.2, -0.15) is 5.10 Å². The van der Waals surface area contributed by atoms with Gasteiger partial charge in [0.1, 0.15) is 5.69 Å². The summed E-state index contributed by atoms with van der Waals surface area (Å²) in [4.78, 5) is 6.81. The van der Waals surface area contributed by atoms with Crippen LogP contribution in [0.2, 0.25) is 0 Å². The fraction of sp³-hybridized carbons (Fsp3) is 0.444. The highest BCUT2D eigenvalue weighted by Crippen LogP contribution is 2.21. The Morgan fingerprint density at radius 2 is 2.08 bits per heavy atom. The van der Waals surface area contributed by atoms with Crippen molar-refractivity contribution in [3.05, 3.63) is 48.0 Å². The van der Waals surface area contributed by atoms with Gasteiger partial charge in [-0.3, -0.25) is 19.7 Å². The molecule has 7 nitrogen and oxygen atoms in total. The second-order valence-electron chi connectivity index (χ2n) is 6.80. The Hall–Kier alpha value is -2.54. The summed E-state index contributed by atoms with van der Waals surface area (Å²) in [5.74, 6) is 0.649. The number of piperidine rings is 1. The predicted octanol–water partition coefficient (Wildman–Crippen LogP) is 2.28. The molecule has 130 valence electrons. The van der Waals surface area contributed by atoms with Crippen LogP contribution in [0.15, 0.2) is 36.7 Å². The summed E-state index contributed by atoms with van der Waals surface area (Å²) in [5.41, 5.74) is 3.97. The van der Waals surface area contributed by atoms with Crippen molar-refractivity contribution in [1.82, 2.24) is 35.1 Å². The van der Waals surface area contributed by atoms with Crippen molar-refractivity contribution in [3.63, 3.8) is 0 Å². The minimum absolute atomic E-state index is 0.649. The smallest absolute Gasteiger partial charge is 0.131 e. The first-order valence-electron chi connectivity index (χ1n) is 8.81. The van der Waals surface area contributed by atoms with E-state index in [0.717, 1.165) is 49.0 Å². The lowest BCUT2D eigenvalue weighted by Gasteiger charge is -2.31. The lowest BCUT2D eigenvalue weighted by molar-refractivity contribution is 0.162. The third kappa shape index (κ3) is 3.93. The number of hydrogen-bond donors (Lipinski definition) is 1. The van der Waals surface area contributed by atoms with Crippen molar-refractivity contribution in [3.8, 4) is 11.4 Å². The molecule has 1 aliphatic heterocycles. The SMILES string of the molecule is Cc1cc(CN2CCC(Cn3cc(-c4ccccn4)nn3)CC2)n[nH]1. The van der Waals surface area contributed by atoms with Crippen LogP contribution in [0.1, 0.15) is 24.2 Å².